The minimum Gasteiger partial charge on any atom is -0.383 e. The molecule has 1 aliphatic rings. The van der Waals surface area contributed by atoms with Gasteiger partial charge in [-0.2, -0.15) is 11.8 Å². The van der Waals surface area contributed by atoms with Crippen LogP contribution in [0.5, 0.6) is 0 Å². The number of thioether (sulfide) groups is 1. The van der Waals surface area contributed by atoms with Crippen LogP contribution in [-0.2, 0) is 5.60 Å². The summed E-state index contributed by atoms with van der Waals surface area (Å²) in [7, 11) is 0. The molecule has 0 saturated carbocycles. The first-order chi connectivity index (χ1) is 5.81. The summed E-state index contributed by atoms with van der Waals surface area (Å²) < 4.78 is 0. The molecule has 0 amide bonds. The lowest BCUT2D eigenvalue weighted by atomic mass is 10.00. The van der Waals surface area contributed by atoms with Crippen molar-refractivity contribution in [3.05, 3.63) is 24.3 Å². The van der Waals surface area contributed by atoms with Gasteiger partial charge in [0.05, 0.1) is 11.9 Å². The van der Waals surface area contributed by atoms with Gasteiger partial charge in [-0.05, 0) is 12.2 Å². The maximum atomic E-state index is 10.0. The molecule has 0 radical (unpaired) electrons. The van der Waals surface area contributed by atoms with E-state index in [4.69, 9.17) is 0 Å². The molecule has 3 nitrogen and oxygen atoms in total. The zero-order valence-corrected chi connectivity index (χ0v) is 7.42. The normalized spacial score (nSPS) is 29.1. The fourth-order valence-corrected chi connectivity index (χ4v) is 2.55. The van der Waals surface area contributed by atoms with Crippen LogP contribution in [-0.4, -0.2) is 26.6 Å². The quantitative estimate of drug-likeness (QED) is 0.698. The van der Waals surface area contributed by atoms with Gasteiger partial charge in [0.15, 0.2) is 0 Å². The topological polar surface area (TPSA) is 46.0 Å². The molecule has 0 aliphatic carbocycles. The van der Waals surface area contributed by atoms with Crippen LogP contribution in [0, 0.1) is 0 Å². The molecule has 1 atom stereocenters. The van der Waals surface area contributed by atoms with Gasteiger partial charge in [-0.1, -0.05) is 0 Å². The predicted octanol–water partition coefficient (Wildman–Crippen LogP) is 0.801. The Morgan fingerprint density at radius 2 is 2.42 bits per heavy atom. The minimum absolute atomic E-state index is 0.704. The third kappa shape index (κ3) is 1.32. The van der Waals surface area contributed by atoms with E-state index in [0.717, 1.165) is 17.9 Å². The van der Waals surface area contributed by atoms with E-state index in [-0.39, 0.29) is 0 Å². The molecule has 1 N–H and O–H groups in total. The summed E-state index contributed by atoms with van der Waals surface area (Å²) in [5.74, 6) is 1.75. The van der Waals surface area contributed by atoms with Crippen LogP contribution in [0.2, 0.25) is 0 Å². The van der Waals surface area contributed by atoms with Crippen molar-refractivity contribution in [2.75, 3.05) is 11.5 Å². The standard InChI is InChI=1S/C8H10N2OS/c11-8(1-4-12-6-8)7-5-9-2-3-10-7/h2-3,5,11H,1,4,6H2. The van der Waals surface area contributed by atoms with Crippen molar-refractivity contribution < 1.29 is 5.11 Å². The van der Waals surface area contributed by atoms with Gasteiger partial charge in [-0.15, -0.1) is 0 Å². The molecule has 2 rings (SSSR count). The van der Waals surface area contributed by atoms with E-state index in [1.807, 2.05) is 0 Å². The second-order valence-electron chi connectivity index (χ2n) is 2.92. The van der Waals surface area contributed by atoms with Gasteiger partial charge in [0.1, 0.15) is 5.60 Å². The molecule has 1 unspecified atom stereocenters. The molecule has 64 valence electrons. The summed E-state index contributed by atoms with van der Waals surface area (Å²) in [5, 5.41) is 10.0. The van der Waals surface area contributed by atoms with Gasteiger partial charge < -0.3 is 5.11 Å². The molecule has 1 fully saturated rings. The van der Waals surface area contributed by atoms with E-state index in [9.17, 15) is 5.11 Å². The molecule has 0 aromatic carbocycles. The van der Waals surface area contributed by atoms with E-state index in [1.165, 1.54) is 0 Å². The van der Waals surface area contributed by atoms with Crippen LogP contribution in [0.3, 0.4) is 0 Å². The number of aliphatic hydroxyl groups is 1. The van der Waals surface area contributed by atoms with Crippen molar-refractivity contribution in [3.8, 4) is 0 Å². The van der Waals surface area contributed by atoms with Crippen LogP contribution in [0.15, 0.2) is 18.6 Å². The summed E-state index contributed by atoms with van der Waals surface area (Å²) in [5.41, 5.74) is -0.0196. The Morgan fingerprint density at radius 3 is 3.00 bits per heavy atom. The Hall–Kier alpha value is -0.610. The third-order valence-corrected chi connectivity index (χ3v) is 3.22. The van der Waals surface area contributed by atoms with Gasteiger partial charge in [-0.25, -0.2) is 0 Å². The Morgan fingerprint density at radius 1 is 1.50 bits per heavy atom. The summed E-state index contributed by atoms with van der Waals surface area (Å²) in [6.45, 7) is 0. The number of nitrogens with zero attached hydrogens (tertiary/aromatic N) is 2. The van der Waals surface area contributed by atoms with E-state index >= 15 is 0 Å². The van der Waals surface area contributed by atoms with Gasteiger partial charge in [0, 0.05) is 18.1 Å². The molecule has 1 aliphatic heterocycles. The van der Waals surface area contributed by atoms with Crippen LogP contribution < -0.4 is 0 Å². The maximum Gasteiger partial charge on any atom is 0.118 e. The van der Waals surface area contributed by atoms with Gasteiger partial charge in [-0.3, -0.25) is 9.97 Å². The molecule has 1 aromatic rings. The fraction of sp³-hybridized carbons (Fsp3) is 0.500. The van der Waals surface area contributed by atoms with Crippen LogP contribution in [0.4, 0.5) is 0 Å². The number of hydrogen-bond acceptors (Lipinski definition) is 4. The Kier molecular flexibility index (Phi) is 2.02. The SMILES string of the molecule is OC1(c2cnccn2)CCSC1. The van der Waals surface area contributed by atoms with E-state index < -0.39 is 5.60 Å². The molecule has 4 heteroatoms. The largest absolute Gasteiger partial charge is 0.383 e. The maximum absolute atomic E-state index is 10.0. The zero-order valence-electron chi connectivity index (χ0n) is 6.60. The summed E-state index contributed by atoms with van der Waals surface area (Å²) in [4.78, 5) is 8.05. The Balaban J connectivity index is 2.29. The van der Waals surface area contributed by atoms with E-state index in [1.54, 1.807) is 30.4 Å². The number of rotatable bonds is 1. The minimum atomic E-state index is -0.723. The lowest BCUT2D eigenvalue weighted by Crippen LogP contribution is -2.26. The highest BCUT2D eigenvalue weighted by atomic mass is 32.2. The summed E-state index contributed by atoms with van der Waals surface area (Å²) in [6.07, 6.45) is 5.67. The van der Waals surface area contributed by atoms with Crippen molar-refractivity contribution in [1.29, 1.82) is 0 Å². The molecule has 1 aromatic heterocycles. The number of hydrogen-bond donors (Lipinski definition) is 1. The lowest BCUT2D eigenvalue weighted by Gasteiger charge is -2.19. The van der Waals surface area contributed by atoms with E-state index in [2.05, 4.69) is 9.97 Å². The van der Waals surface area contributed by atoms with Crippen LogP contribution >= 0.6 is 11.8 Å². The summed E-state index contributed by atoms with van der Waals surface area (Å²) in [6, 6.07) is 0. The van der Waals surface area contributed by atoms with E-state index in [0.29, 0.717) is 5.69 Å². The highest BCUT2D eigenvalue weighted by molar-refractivity contribution is 7.99. The van der Waals surface area contributed by atoms with Crippen molar-refractivity contribution >= 4 is 11.8 Å². The first kappa shape index (κ1) is 8.01. The molecule has 0 bridgehead atoms. The third-order valence-electron chi connectivity index (χ3n) is 2.04. The average Bonchev–Trinajstić information content (AvgIpc) is 2.55. The average molecular weight is 182 g/mol. The van der Waals surface area contributed by atoms with Crippen molar-refractivity contribution in [2.24, 2.45) is 0 Å². The second kappa shape index (κ2) is 3.03. The second-order valence-corrected chi connectivity index (χ2v) is 4.03. The van der Waals surface area contributed by atoms with Crippen LogP contribution in [0.1, 0.15) is 12.1 Å². The van der Waals surface area contributed by atoms with Crippen molar-refractivity contribution in [2.45, 2.75) is 12.0 Å². The molecular weight excluding hydrogens is 172 g/mol. The molecule has 12 heavy (non-hydrogen) atoms. The monoisotopic (exact) mass is 182 g/mol. The number of aromatic nitrogens is 2. The lowest BCUT2D eigenvalue weighted by molar-refractivity contribution is 0.0607. The van der Waals surface area contributed by atoms with Crippen LogP contribution in [0.25, 0.3) is 0 Å². The van der Waals surface area contributed by atoms with Gasteiger partial charge >= 0.3 is 0 Å². The fourth-order valence-electron chi connectivity index (χ4n) is 1.30. The smallest absolute Gasteiger partial charge is 0.118 e. The first-order valence-corrected chi connectivity index (χ1v) is 5.03. The predicted molar refractivity (Wildman–Crippen MR) is 47.9 cm³/mol. The molecule has 1 saturated heterocycles. The first-order valence-electron chi connectivity index (χ1n) is 3.88. The van der Waals surface area contributed by atoms with Gasteiger partial charge in [0.2, 0.25) is 0 Å². The Bertz CT molecular complexity index is 259. The molecule has 2 heterocycles. The molecule has 0 spiro atoms. The van der Waals surface area contributed by atoms with Crippen molar-refractivity contribution in [1.82, 2.24) is 9.97 Å². The van der Waals surface area contributed by atoms with Gasteiger partial charge in [0.25, 0.3) is 0 Å². The summed E-state index contributed by atoms with van der Waals surface area (Å²) >= 11 is 1.76. The molecular formula is C8H10N2OS. The van der Waals surface area contributed by atoms with Crippen molar-refractivity contribution in [3.63, 3.8) is 0 Å². The zero-order chi connectivity index (χ0) is 8.44. The highest BCUT2D eigenvalue weighted by Gasteiger charge is 2.34. The highest BCUT2D eigenvalue weighted by Crippen LogP contribution is 2.34. The Labute approximate surface area is 75.2 Å².